The van der Waals surface area contributed by atoms with Gasteiger partial charge in [-0.3, -0.25) is 0 Å². The zero-order chi connectivity index (χ0) is 16.2. The van der Waals surface area contributed by atoms with Crippen LogP contribution in [0.5, 0.6) is 0 Å². The Morgan fingerprint density at radius 1 is 0.783 bits per heavy atom. The van der Waals surface area contributed by atoms with Crippen LogP contribution in [-0.4, -0.2) is 38.5 Å². The van der Waals surface area contributed by atoms with Gasteiger partial charge in [0.25, 0.3) is 0 Å². The zero-order valence-electron chi connectivity index (χ0n) is 14.6. The molecule has 0 spiro atoms. The van der Waals surface area contributed by atoms with E-state index in [9.17, 15) is 0 Å². The van der Waals surface area contributed by atoms with Crippen LogP contribution in [0.4, 0.5) is 0 Å². The molecule has 0 N–H and O–H groups in total. The van der Waals surface area contributed by atoms with Crippen molar-refractivity contribution in [2.75, 3.05) is 26.4 Å². The van der Waals surface area contributed by atoms with Crippen molar-refractivity contribution in [1.82, 2.24) is 0 Å². The molecule has 0 aromatic heterocycles. The van der Waals surface area contributed by atoms with E-state index in [2.05, 4.69) is 6.58 Å². The molecule has 0 aromatic carbocycles. The van der Waals surface area contributed by atoms with Gasteiger partial charge in [-0.15, -0.1) is 6.58 Å². The van der Waals surface area contributed by atoms with E-state index in [1.165, 1.54) is 38.5 Å². The predicted molar refractivity (Wildman–Crippen MR) is 91.3 cm³/mol. The molecule has 0 aromatic rings. The summed E-state index contributed by atoms with van der Waals surface area (Å²) in [6.45, 7) is 6.82. The standard InChI is InChI=1S/C19H34O4/c1-2-3-9-12-19(22-16-17-23-19)13-10-7-5-4-6-8-11-18-20-14-15-21-18/h2,18H,1,3-17H2. The SMILES string of the molecule is C=CCCCC1(CCCCCCCCC2OCCO2)OCCO1. The monoisotopic (exact) mass is 326 g/mol. The summed E-state index contributed by atoms with van der Waals surface area (Å²) in [6.07, 6.45) is 14.8. The van der Waals surface area contributed by atoms with Crippen molar-refractivity contribution in [3.63, 3.8) is 0 Å². The van der Waals surface area contributed by atoms with Crippen LogP contribution < -0.4 is 0 Å². The zero-order valence-corrected chi connectivity index (χ0v) is 14.6. The molecule has 4 nitrogen and oxygen atoms in total. The average molecular weight is 326 g/mol. The van der Waals surface area contributed by atoms with Crippen molar-refractivity contribution in [3.05, 3.63) is 12.7 Å². The molecule has 2 heterocycles. The molecule has 0 amide bonds. The van der Waals surface area contributed by atoms with Gasteiger partial charge in [0.05, 0.1) is 26.4 Å². The van der Waals surface area contributed by atoms with Crippen molar-refractivity contribution < 1.29 is 18.9 Å². The number of ether oxygens (including phenoxy) is 4. The second-order valence-corrected chi connectivity index (χ2v) is 6.62. The maximum absolute atomic E-state index is 5.90. The first kappa shape index (κ1) is 18.9. The van der Waals surface area contributed by atoms with E-state index in [0.717, 1.165) is 58.5 Å². The summed E-state index contributed by atoms with van der Waals surface area (Å²) in [5, 5.41) is 0. The van der Waals surface area contributed by atoms with E-state index < -0.39 is 0 Å². The van der Waals surface area contributed by atoms with Crippen LogP contribution in [0.2, 0.25) is 0 Å². The Kier molecular flexibility index (Phi) is 9.20. The molecule has 2 fully saturated rings. The van der Waals surface area contributed by atoms with Crippen LogP contribution in [0.3, 0.4) is 0 Å². The predicted octanol–water partition coefficient (Wildman–Crippen LogP) is 4.58. The Labute approximate surface area is 141 Å². The Morgan fingerprint density at radius 2 is 1.39 bits per heavy atom. The van der Waals surface area contributed by atoms with E-state index in [1.54, 1.807) is 0 Å². The Balaban J connectivity index is 1.45. The number of unbranched alkanes of at least 4 members (excludes halogenated alkanes) is 6. The maximum atomic E-state index is 5.90. The van der Waals surface area contributed by atoms with Gasteiger partial charge < -0.3 is 18.9 Å². The van der Waals surface area contributed by atoms with Crippen LogP contribution in [-0.2, 0) is 18.9 Å². The van der Waals surface area contributed by atoms with E-state index >= 15 is 0 Å². The summed E-state index contributed by atoms with van der Waals surface area (Å²) < 4.78 is 22.7. The molecule has 134 valence electrons. The Hall–Kier alpha value is -0.420. The lowest BCUT2D eigenvalue weighted by atomic mass is 10.00. The van der Waals surface area contributed by atoms with Crippen molar-refractivity contribution >= 4 is 0 Å². The number of hydrogen-bond donors (Lipinski definition) is 0. The minimum Gasteiger partial charge on any atom is -0.350 e. The summed E-state index contributed by atoms with van der Waals surface area (Å²) in [7, 11) is 0. The molecule has 2 aliphatic rings. The lowest BCUT2D eigenvalue weighted by Crippen LogP contribution is -2.29. The Morgan fingerprint density at radius 3 is 2.09 bits per heavy atom. The quantitative estimate of drug-likeness (QED) is 0.367. The highest BCUT2D eigenvalue weighted by Gasteiger charge is 2.34. The van der Waals surface area contributed by atoms with Crippen LogP contribution in [0.15, 0.2) is 12.7 Å². The van der Waals surface area contributed by atoms with Gasteiger partial charge in [0, 0.05) is 12.8 Å². The van der Waals surface area contributed by atoms with Crippen LogP contribution in [0, 0.1) is 0 Å². The molecule has 0 atom stereocenters. The fourth-order valence-electron chi connectivity index (χ4n) is 3.41. The molecule has 0 saturated carbocycles. The van der Waals surface area contributed by atoms with Gasteiger partial charge >= 0.3 is 0 Å². The summed E-state index contributed by atoms with van der Waals surface area (Å²) in [5.74, 6) is -0.292. The fraction of sp³-hybridized carbons (Fsp3) is 0.895. The molecule has 2 aliphatic heterocycles. The highest BCUT2D eigenvalue weighted by Crippen LogP contribution is 2.31. The van der Waals surface area contributed by atoms with E-state index in [4.69, 9.17) is 18.9 Å². The Bertz CT molecular complexity index is 306. The third-order valence-electron chi connectivity index (χ3n) is 4.72. The van der Waals surface area contributed by atoms with Gasteiger partial charge in [0.1, 0.15) is 0 Å². The van der Waals surface area contributed by atoms with Crippen molar-refractivity contribution in [1.29, 1.82) is 0 Å². The highest BCUT2D eigenvalue weighted by atomic mass is 16.7. The second-order valence-electron chi connectivity index (χ2n) is 6.62. The first-order valence-corrected chi connectivity index (χ1v) is 9.47. The van der Waals surface area contributed by atoms with E-state index in [-0.39, 0.29) is 12.1 Å². The number of allylic oxidation sites excluding steroid dienone is 1. The first-order valence-electron chi connectivity index (χ1n) is 9.47. The molecule has 0 unspecified atom stereocenters. The third-order valence-corrected chi connectivity index (χ3v) is 4.72. The average Bonchev–Trinajstić information content (AvgIpc) is 3.23. The van der Waals surface area contributed by atoms with Crippen molar-refractivity contribution in [2.24, 2.45) is 0 Å². The highest BCUT2D eigenvalue weighted by molar-refractivity contribution is 4.77. The number of hydrogen-bond acceptors (Lipinski definition) is 4. The molecular weight excluding hydrogens is 292 g/mol. The minimum atomic E-state index is -0.292. The van der Waals surface area contributed by atoms with Crippen molar-refractivity contribution in [3.8, 4) is 0 Å². The molecule has 2 rings (SSSR count). The molecule has 0 bridgehead atoms. The lowest BCUT2D eigenvalue weighted by molar-refractivity contribution is -0.168. The third kappa shape index (κ3) is 7.34. The van der Waals surface area contributed by atoms with Gasteiger partial charge in [-0.05, 0) is 32.1 Å². The first-order chi connectivity index (χ1) is 11.3. The smallest absolute Gasteiger partial charge is 0.168 e. The van der Waals surface area contributed by atoms with Gasteiger partial charge in [0.15, 0.2) is 12.1 Å². The van der Waals surface area contributed by atoms with Gasteiger partial charge in [0.2, 0.25) is 0 Å². The topological polar surface area (TPSA) is 36.9 Å². The summed E-state index contributed by atoms with van der Waals surface area (Å²) in [5.41, 5.74) is 0. The second kappa shape index (κ2) is 11.2. The minimum absolute atomic E-state index is 0.0714. The summed E-state index contributed by atoms with van der Waals surface area (Å²) in [6, 6.07) is 0. The maximum Gasteiger partial charge on any atom is 0.168 e. The van der Waals surface area contributed by atoms with Crippen LogP contribution in [0.25, 0.3) is 0 Å². The molecule has 2 saturated heterocycles. The summed E-state index contributed by atoms with van der Waals surface area (Å²) >= 11 is 0. The molecule has 0 aliphatic carbocycles. The fourth-order valence-corrected chi connectivity index (χ4v) is 3.41. The number of rotatable bonds is 13. The van der Waals surface area contributed by atoms with E-state index in [1.807, 2.05) is 6.08 Å². The van der Waals surface area contributed by atoms with Gasteiger partial charge in [-0.1, -0.05) is 31.8 Å². The van der Waals surface area contributed by atoms with Crippen LogP contribution in [0.1, 0.15) is 70.6 Å². The molecule has 0 radical (unpaired) electrons. The van der Waals surface area contributed by atoms with E-state index in [0.29, 0.717) is 0 Å². The normalized spacial score (nSPS) is 21.0. The van der Waals surface area contributed by atoms with Crippen LogP contribution >= 0.6 is 0 Å². The lowest BCUT2D eigenvalue weighted by Gasteiger charge is -2.27. The van der Waals surface area contributed by atoms with Gasteiger partial charge in [-0.2, -0.15) is 0 Å². The van der Waals surface area contributed by atoms with Crippen molar-refractivity contribution in [2.45, 2.75) is 82.7 Å². The van der Waals surface area contributed by atoms with Gasteiger partial charge in [-0.25, -0.2) is 0 Å². The largest absolute Gasteiger partial charge is 0.350 e. The molecule has 23 heavy (non-hydrogen) atoms. The summed E-state index contributed by atoms with van der Waals surface area (Å²) in [4.78, 5) is 0. The molecule has 4 heteroatoms. The molecular formula is C19H34O4.